The summed E-state index contributed by atoms with van der Waals surface area (Å²) >= 11 is 6.00. The standard InChI is InChI=1S/C28H33ClF3N3O3/c1-16(2)35(17(3)4)26(36)23-11-7-10-22-20(14-34-25(22)23)12-18(5)33-15-24(38-27(37)28(30,31)32)19-8-6-9-21(29)13-19/h6-11,13-14,16-18,24,33-34H,12,15H2,1-5H3/t18-,24-/m1/s1. The minimum Gasteiger partial charge on any atom is -0.449 e. The van der Waals surface area contributed by atoms with Gasteiger partial charge in [-0.15, -0.1) is 0 Å². The number of esters is 1. The van der Waals surface area contributed by atoms with Crippen LogP contribution in [0.4, 0.5) is 13.2 Å². The Morgan fingerprint density at radius 2 is 1.71 bits per heavy atom. The van der Waals surface area contributed by atoms with Gasteiger partial charge in [-0.2, -0.15) is 13.2 Å². The summed E-state index contributed by atoms with van der Waals surface area (Å²) in [6.45, 7) is 9.76. The Bertz CT molecular complexity index is 1260. The Kier molecular flexibility index (Phi) is 9.49. The average Bonchev–Trinajstić information content (AvgIpc) is 3.23. The molecule has 0 unspecified atom stereocenters. The zero-order chi connectivity index (χ0) is 28.2. The van der Waals surface area contributed by atoms with Crippen LogP contribution in [0.2, 0.25) is 5.02 Å². The van der Waals surface area contributed by atoms with E-state index < -0.39 is 18.2 Å². The molecule has 0 saturated carbocycles. The molecule has 206 valence electrons. The van der Waals surface area contributed by atoms with Crippen molar-refractivity contribution < 1.29 is 27.5 Å². The second kappa shape index (κ2) is 12.2. The molecule has 38 heavy (non-hydrogen) atoms. The smallest absolute Gasteiger partial charge is 0.449 e. The van der Waals surface area contributed by atoms with Gasteiger partial charge in [-0.25, -0.2) is 4.79 Å². The molecule has 2 aromatic carbocycles. The summed E-state index contributed by atoms with van der Waals surface area (Å²) in [6.07, 6.45) is -3.93. The number of alkyl halides is 3. The number of halogens is 4. The van der Waals surface area contributed by atoms with E-state index in [2.05, 4.69) is 10.3 Å². The van der Waals surface area contributed by atoms with Crippen LogP contribution in [0, 0.1) is 0 Å². The van der Waals surface area contributed by atoms with Gasteiger partial charge in [-0.1, -0.05) is 35.9 Å². The first-order valence-electron chi connectivity index (χ1n) is 12.5. The van der Waals surface area contributed by atoms with Gasteiger partial charge >= 0.3 is 12.1 Å². The molecule has 0 aliphatic rings. The molecule has 0 aliphatic heterocycles. The van der Waals surface area contributed by atoms with Crippen molar-refractivity contribution in [2.75, 3.05) is 6.54 Å². The maximum atomic E-state index is 13.3. The molecule has 0 spiro atoms. The molecule has 0 saturated heterocycles. The Morgan fingerprint density at radius 1 is 1.05 bits per heavy atom. The highest BCUT2D eigenvalue weighted by molar-refractivity contribution is 6.30. The Morgan fingerprint density at radius 3 is 2.32 bits per heavy atom. The molecular formula is C28H33ClF3N3O3. The molecule has 0 fully saturated rings. The fraction of sp³-hybridized carbons (Fsp3) is 0.429. The molecule has 0 bridgehead atoms. The number of benzene rings is 2. The minimum absolute atomic E-state index is 0.0373. The predicted octanol–water partition coefficient (Wildman–Crippen LogP) is 6.45. The van der Waals surface area contributed by atoms with E-state index >= 15 is 0 Å². The van der Waals surface area contributed by atoms with Crippen molar-refractivity contribution in [3.8, 4) is 0 Å². The first-order valence-corrected chi connectivity index (χ1v) is 12.9. The number of hydrogen-bond acceptors (Lipinski definition) is 4. The Hall–Kier alpha value is -3.04. The summed E-state index contributed by atoms with van der Waals surface area (Å²) in [5.74, 6) is -2.32. The highest BCUT2D eigenvalue weighted by Gasteiger charge is 2.42. The molecule has 6 nitrogen and oxygen atoms in total. The van der Waals surface area contributed by atoms with Crippen LogP contribution in [0.1, 0.15) is 62.2 Å². The molecule has 10 heteroatoms. The van der Waals surface area contributed by atoms with E-state index in [1.165, 1.54) is 6.07 Å². The Balaban J connectivity index is 1.77. The number of amides is 1. The Labute approximate surface area is 225 Å². The molecule has 2 N–H and O–H groups in total. The van der Waals surface area contributed by atoms with E-state index in [-0.39, 0.29) is 30.6 Å². The fourth-order valence-corrected chi connectivity index (χ4v) is 4.80. The van der Waals surface area contributed by atoms with Gasteiger partial charge in [-0.3, -0.25) is 4.79 Å². The quantitative estimate of drug-likeness (QED) is 0.284. The van der Waals surface area contributed by atoms with Gasteiger partial charge in [-0.05, 0) is 70.4 Å². The van der Waals surface area contributed by atoms with Crippen molar-refractivity contribution in [3.05, 3.63) is 70.4 Å². The number of fused-ring (bicyclic) bond motifs is 1. The average molecular weight is 552 g/mol. The number of carbonyl (C=O) groups excluding carboxylic acids is 2. The van der Waals surface area contributed by atoms with Crippen molar-refractivity contribution in [1.82, 2.24) is 15.2 Å². The third kappa shape index (κ3) is 7.08. The summed E-state index contributed by atoms with van der Waals surface area (Å²) < 4.78 is 43.4. The van der Waals surface area contributed by atoms with E-state index in [1.54, 1.807) is 24.3 Å². The van der Waals surface area contributed by atoms with Crippen LogP contribution in [0.15, 0.2) is 48.7 Å². The van der Waals surface area contributed by atoms with Crippen molar-refractivity contribution in [2.24, 2.45) is 0 Å². The van der Waals surface area contributed by atoms with Gasteiger partial charge in [0.1, 0.15) is 6.10 Å². The second-order valence-electron chi connectivity index (χ2n) is 9.90. The number of hydrogen-bond donors (Lipinski definition) is 2. The third-order valence-electron chi connectivity index (χ3n) is 6.26. The number of aromatic nitrogens is 1. The molecule has 0 aliphatic carbocycles. The van der Waals surface area contributed by atoms with Gasteiger partial charge in [0.25, 0.3) is 5.91 Å². The molecule has 3 aromatic rings. The summed E-state index contributed by atoms with van der Waals surface area (Å²) in [6, 6.07) is 11.7. The van der Waals surface area contributed by atoms with Crippen LogP contribution in [-0.2, 0) is 16.0 Å². The number of nitrogens with zero attached hydrogens (tertiary/aromatic N) is 1. The number of H-pyrrole nitrogens is 1. The number of rotatable bonds is 10. The topological polar surface area (TPSA) is 74.4 Å². The van der Waals surface area contributed by atoms with Gasteiger partial charge < -0.3 is 19.9 Å². The first-order chi connectivity index (χ1) is 17.8. The number of ether oxygens (including phenoxy) is 1. The van der Waals surface area contributed by atoms with Crippen LogP contribution in [-0.4, -0.2) is 52.6 Å². The fourth-order valence-electron chi connectivity index (χ4n) is 4.60. The minimum atomic E-state index is -5.11. The van der Waals surface area contributed by atoms with E-state index in [0.29, 0.717) is 22.6 Å². The van der Waals surface area contributed by atoms with Crippen LogP contribution in [0.3, 0.4) is 0 Å². The maximum absolute atomic E-state index is 13.3. The van der Waals surface area contributed by atoms with Crippen LogP contribution >= 0.6 is 11.6 Å². The lowest BCUT2D eigenvalue weighted by Gasteiger charge is -2.31. The third-order valence-corrected chi connectivity index (χ3v) is 6.49. The van der Waals surface area contributed by atoms with Crippen molar-refractivity contribution in [3.63, 3.8) is 0 Å². The number of para-hydroxylation sites is 1. The normalized spacial score (nSPS) is 13.7. The summed E-state index contributed by atoms with van der Waals surface area (Å²) in [5, 5.41) is 4.39. The molecule has 0 radical (unpaired) electrons. The zero-order valence-corrected chi connectivity index (χ0v) is 22.8. The highest BCUT2D eigenvalue weighted by atomic mass is 35.5. The zero-order valence-electron chi connectivity index (χ0n) is 22.0. The van der Waals surface area contributed by atoms with Gasteiger partial charge in [0, 0.05) is 41.3 Å². The van der Waals surface area contributed by atoms with Crippen molar-refractivity contribution in [1.29, 1.82) is 0 Å². The highest BCUT2D eigenvalue weighted by Crippen LogP contribution is 2.27. The van der Waals surface area contributed by atoms with Gasteiger partial charge in [0.15, 0.2) is 0 Å². The van der Waals surface area contributed by atoms with Crippen LogP contribution < -0.4 is 5.32 Å². The van der Waals surface area contributed by atoms with E-state index in [1.807, 2.05) is 57.8 Å². The summed E-state index contributed by atoms with van der Waals surface area (Å²) in [7, 11) is 0. The van der Waals surface area contributed by atoms with Crippen molar-refractivity contribution >= 4 is 34.4 Å². The SMILES string of the molecule is CC(C)N(C(=O)c1cccc2c(C[C@@H](C)NC[C@@H](OC(=O)C(F)(F)F)c3cccc(Cl)c3)c[nH]c12)C(C)C. The molecule has 1 aromatic heterocycles. The predicted molar refractivity (Wildman–Crippen MR) is 142 cm³/mol. The summed E-state index contributed by atoms with van der Waals surface area (Å²) in [5.41, 5.74) is 2.62. The molecule has 1 amide bonds. The number of carbonyl (C=O) groups is 2. The molecular weight excluding hydrogens is 519 g/mol. The van der Waals surface area contributed by atoms with E-state index in [4.69, 9.17) is 16.3 Å². The van der Waals surface area contributed by atoms with Crippen molar-refractivity contribution in [2.45, 2.75) is 71.4 Å². The van der Waals surface area contributed by atoms with Crippen LogP contribution in [0.5, 0.6) is 0 Å². The largest absolute Gasteiger partial charge is 0.490 e. The van der Waals surface area contributed by atoms with E-state index in [0.717, 1.165) is 16.5 Å². The second-order valence-corrected chi connectivity index (χ2v) is 10.3. The van der Waals surface area contributed by atoms with E-state index in [9.17, 15) is 22.8 Å². The molecule has 3 rings (SSSR count). The summed E-state index contributed by atoms with van der Waals surface area (Å²) in [4.78, 5) is 29.9. The monoisotopic (exact) mass is 551 g/mol. The molecule has 2 atom stereocenters. The first kappa shape index (κ1) is 29.5. The lowest BCUT2D eigenvalue weighted by molar-refractivity contribution is -0.205. The van der Waals surface area contributed by atoms with Gasteiger partial charge in [0.2, 0.25) is 0 Å². The van der Waals surface area contributed by atoms with Gasteiger partial charge in [0.05, 0.1) is 11.1 Å². The lowest BCUT2D eigenvalue weighted by Crippen LogP contribution is -2.42. The number of nitrogens with one attached hydrogen (secondary N) is 2. The van der Waals surface area contributed by atoms with Crippen LogP contribution in [0.25, 0.3) is 10.9 Å². The lowest BCUT2D eigenvalue weighted by atomic mass is 10.0. The maximum Gasteiger partial charge on any atom is 0.490 e. The number of aromatic amines is 1. The molecule has 1 heterocycles.